The van der Waals surface area contributed by atoms with Crippen molar-refractivity contribution in [1.82, 2.24) is 5.32 Å². The van der Waals surface area contributed by atoms with E-state index in [0.717, 1.165) is 70.6 Å². The second kappa shape index (κ2) is 37.7. The number of nitrogens with one attached hydrogen (secondary N) is 1. The predicted molar refractivity (Wildman–Crippen MR) is 216 cm³/mol. The van der Waals surface area contributed by atoms with E-state index in [1.807, 2.05) is 19.1 Å². The van der Waals surface area contributed by atoms with Gasteiger partial charge in [-0.05, 0) is 77.6 Å². The van der Waals surface area contributed by atoms with Gasteiger partial charge >= 0.3 is 7.82 Å². The summed E-state index contributed by atoms with van der Waals surface area (Å²) in [5.41, 5.74) is 5.34. The molecule has 9 heteroatoms. The zero-order valence-electron chi connectivity index (χ0n) is 32.3. The molecule has 0 aromatic carbocycles. The van der Waals surface area contributed by atoms with Crippen LogP contribution in [0.1, 0.15) is 155 Å². The van der Waals surface area contributed by atoms with Gasteiger partial charge in [-0.2, -0.15) is 0 Å². The van der Waals surface area contributed by atoms with Crippen LogP contribution in [0.25, 0.3) is 0 Å². The number of amides is 1. The maximum absolute atomic E-state index is 12.7. The number of rotatable bonds is 36. The largest absolute Gasteiger partial charge is 0.472 e. The van der Waals surface area contributed by atoms with Crippen molar-refractivity contribution >= 4 is 13.7 Å². The van der Waals surface area contributed by atoms with Gasteiger partial charge in [0.25, 0.3) is 0 Å². The molecule has 3 unspecified atom stereocenters. The van der Waals surface area contributed by atoms with E-state index in [4.69, 9.17) is 14.8 Å². The Hall–Kier alpha value is -2.06. The molecule has 0 bridgehead atoms. The number of hydrogen-bond donors (Lipinski definition) is 4. The van der Waals surface area contributed by atoms with Gasteiger partial charge < -0.3 is 21.1 Å². The van der Waals surface area contributed by atoms with Crippen LogP contribution >= 0.6 is 7.82 Å². The average molecular weight is 735 g/mol. The van der Waals surface area contributed by atoms with Crippen molar-refractivity contribution in [2.75, 3.05) is 19.8 Å². The number of phosphoric acid groups is 1. The molecule has 8 nitrogen and oxygen atoms in total. The molecule has 51 heavy (non-hydrogen) atoms. The quantitative estimate of drug-likeness (QED) is 0.0286. The van der Waals surface area contributed by atoms with E-state index in [9.17, 15) is 19.4 Å². The van der Waals surface area contributed by atoms with Crippen LogP contribution in [0.3, 0.4) is 0 Å². The summed E-state index contributed by atoms with van der Waals surface area (Å²) in [6.45, 7) is 3.83. The van der Waals surface area contributed by atoms with Gasteiger partial charge in [-0.25, -0.2) is 4.57 Å². The van der Waals surface area contributed by atoms with Gasteiger partial charge in [-0.1, -0.05) is 144 Å². The van der Waals surface area contributed by atoms with Gasteiger partial charge in [-0.3, -0.25) is 13.8 Å². The van der Waals surface area contributed by atoms with E-state index >= 15 is 0 Å². The molecule has 0 heterocycles. The lowest BCUT2D eigenvalue weighted by molar-refractivity contribution is -0.123. The lowest BCUT2D eigenvalue weighted by Gasteiger charge is -2.23. The second-order valence-corrected chi connectivity index (χ2v) is 14.6. The molecule has 5 N–H and O–H groups in total. The van der Waals surface area contributed by atoms with E-state index in [-0.39, 0.29) is 25.7 Å². The summed E-state index contributed by atoms with van der Waals surface area (Å²) in [6.07, 6.45) is 48.4. The van der Waals surface area contributed by atoms with Crippen molar-refractivity contribution in [2.45, 2.75) is 167 Å². The first-order chi connectivity index (χ1) is 24.9. The minimum Gasteiger partial charge on any atom is -0.387 e. The number of aliphatic hydroxyl groups is 1. The fourth-order valence-electron chi connectivity index (χ4n) is 5.29. The smallest absolute Gasteiger partial charge is 0.387 e. The van der Waals surface area contributed by atoms with Gasteiger partial charge in [0.15, 0.2) is 0 Å². The third-order valence-electron chi connectivity index (χ3n) is 8.33. The molecule has 0 aliphatic carbocycles. The van der Waals surface area contributed by atoms with E-state index < -0.39 is 20.0 Å². The third-order valence-corrected chi connectivity index (χ3v) is 9.31. The number of allylic oxidation sites excluding steroid dienone is 11. The Morgan fingerprint density at radius 1 is 0.686 bits per heavy atom. The first-order valence-corrected chi connectivity index (χ1v) is 21.5. The number of aliphatic hydroxyl groups excluding tert-OH is 1. The lowest BCUT2D eigenvalue weighted by atomic mass is 10.1. The first kappa shape index (κ1) is 48.9. The number of carbonyl (C=O) groups excluding carboxylic acids is 1. The summed E-state index contributed by atoms with van der Waals surface area (Å²) in [6, 6.07) is -0.889. The third kappa shape index (κ3) is 36.1. The van der Waals surface area contributed by atoms with Gasteiger partial charge in [0.05, 0.1) is 25.4 Å². The Balaban J connectivity index is 4.16. The van der Waals surface area contributed by atoms with E-state index in [0.29, 0.717) is 6.42 Å². The Labute approximate surface area is 312 Å². The van der Waals surface area contributed by atoms with Crippen molar-refractivity contribution in [2.24, 2.45) is 5.73 Å². The number of unbranched alkanes of at least 4 members (excludes halogenated alkanes) is 15. The first-order valence-electron chi connectivity index (χ1n) is 20.0. The van der Waals surface area contributed by atoms with Crippen LogP contribution in [0.5, 0.6) is 0 Å². The van der Waals surface area contributed by atoms with Crippen LogP contribution in [0.15, 0.2) is 72.9 Å². The molecule has 0 radical (unpaired) electrons. The summed E-state index contributed by atoms with van der Waals surface area (Å²) in [7, 11) is -4.35. The molecule has 0 spiro atoms. The van der Waals surface area contributed by atoms with Crippen molar-refractivity contribution < 1.29 is 28.4 Å². The summed E-state index contributed by atoms with van der Waals surface area (Å²) in [5.74, 6) is -0.223. The Kier molecular flexibility index (Phi) is 36.2. The molecule has 0 fully saturated rings. The zero-order valence-corrected chi connectivity index (χ0v) is 33.2. The highest BCUT2D eigenvalue weighted by Gasteiger charge is 2.26. The molecule has 0 saturated carbocycles. The molecule has 3 atom stereocenters. The summed E-state index contributed by atoms with van der Waals surface area (Å²) < 4.78 is 22.0. The molecule has 0 saturated heterocycles. The van der Waals surface area contributed by atoms with Crippen molar-refractivity contribution in [3.05, 3.63) is 72.9 Å². The molecule has 0 aliphatic heterocycles. The minimum absolute atomic E-state index is 0.0666. The predicted octanol–water partition coefficient (Wildman–Crippen LogP) is 10.9. The molecule has 0 aliphatic rings. The lowest BCUT2D eigenvalue weighted by Crippen LogP contribution is -2.45. The van der Waals surface area contributed by atoms with E-state index in [2.05, 4.69) is 66.9 Å². The SMILES string of the molecule is C/C=C/CC/C=C/CC/C=C/C(O)C(COP(=O)(O)OCCN)NC(=O)CCCCCCCCCC/C=C\C/C=C\C/C=C\CCCCCCC. The van der Waals surface area contributed by atoms with Crippen molar-refractivity contribution in [3.8, 4) is 0 Å². The average Bonchev–Trinajstić information content (AvgIpc) is 3.12. The number of phosphoric ester groups is 1. The number of nitrogens with two attached hydrogens (primary N) is 1. The fourth-order valence-corrected chi connectivity index (χ4v) is 6.05. The van der Waals surface area contributed by atoms with Crippen LogP contribution in [0.4, 0.5) is 0 Å². The van der Waals surface area contributed by atoms with E-state index in [1.54, 1.807) is 6.08 Å². The molecule has 294 valence electrons. The molecule has 0 aromatic rings. The highest BCUT2D eigenvalue weighted by atomic mass is 31.2. The molecule has 0 aromatic heterocycles. The maximum atomic E-state index is 12.7. The second-order valence-electron chi connectivity index (χ2n) is 13.1. The molecule has 0 rings (SSSR count). The Morgan fingerprint density at radius 3 is 1.75 bits per heavy atom. The van der Waals surface area contributed by atoms with Crippen molar-refractivity contribution in [3.63, 3.8) is 0 Å². The van der Waals surface area contributed by atoms with E-state index in [1.165, 1.54) is 64.2 Å². The van der Waals surface area contributed by atoms with Gasteiger partial charge in [0.2, 0.25) is 5.91 Å². The Bertz CT molecular complexity index is 1020. The molecular weight excluding hydrogens is 659 g/mol. The van der Waals surface area contributed by atoms with Crippen LogP contribution in [0, 0.1) is 0 Å². The van der Waals surface area contributed by atoms with Gasteiger partial charge in [0.1, 0.15) is 0 Å². The van der Waals surface area contributed by atoms with Gasteiger partial charge in [-0.15, -0.1) is 0 Å². The summed E-state index contributed by atoms with van der Waals surface area (Å²) >= 11 is 0. The fraction of sp³-hybridized carbons (Fsp3) is 0.690. The monoisotopic (exact) mass is 735 g/mol. The summed E-state index contributed by atoms with van der Waals surface area (Å²) in [5, 5.41) is 13.5. The van der Waals surface area contributed by atoms with Crippen LogP contribution in [-0.2, 0) is 18.4 Å². The summed E-state index contributed by atoms with van der Waals surface area (Å²) in [4.78, 5) is 22.6. The molecular formula is C42H75N2O6P. The zero-order chi connectivity index (χ0) is 37.5. The maximum Gasteiger partial charge on any atom is 0.472 e. The highest BCUT2D eigenvalue weighted by molar-refractivity contribution is 7.47. The van der Waals surface area contributed by atoms with Crippen LogP contribution in [-0.4, -0.2) is 47.8 Å². The Morgan fingerprint density at radius 2 is 1.18 bits per heavy atom. The molecule has 1 amide bonds. The van der Waals surface area contributed by atoms with Crippen molar-refractivity contribution in [1.29, 1.82) is 0 Å². The number of carbonyl (C=O) groups is 1. The number of hydrogen-bond acceptors (Lipinski definition) is 6. The topological polar surface area (TPSA) is 131 Å². The van der Waals surface area contributed by atoms with Crippen LogP contribution in [0.2, 0.25) is 0 Å². The normalized spacial score (nSPS) is 15.0. The van der Waals surface area contributed by atoms with Crippen LogP contribution < -0.4 is 11.1 Å². The van der Waals surface area contributed by atoms with Gasteiger partial charge in [0, 0.05) is 13.0 Å². The standard InChI is InChI=1S/C42H75N2O6P/c1-3-5-7-9-11-13-14-15-16-17-18-19-20-21-22-23-24-25-26-28-30-32-34-36-42(46)44-40(39-50-51(47,48)49-38-37-43)41(45)35-33-31-29-27-12-10-8-6-4-2/h4,6,12,14-15,17-18,20-21,27,33,35,40-41,45H,3,5,7-11,13,16,19,22-26,28-32,34,36-39,43H2,1-2H3,(H,44,46)(H,47,48)/b6-4+,15-14-,18-17-,21-20-,27-12+,35-33+. The minimum atomic E-state index is -4.35. The highest BCUT2D eigenvalue weighted by Crippen LogP contribution is 2.43.